The molecule has 0 amide bonds. The van der Waals surface area contributed by atoms with E-state index in [2.05, 4.69) is 59.7 Å². The fraction of sp³-hybridized carbons (Fsp3) is 0.571. The summed E-state index contributed by atoms with van der Waals surface area (Å²) in [7, 11) is 1.76. The minimum absolute atomic E-state index is 0.764. The molecule has 1 aromatic carbocycles. The number of hydrogen-bond donors (Lipinski definition) is 1. The fourth-order valence-electron chi connectivity index (χ4n) is 5.52. The molecule has 0 unspecified atom stereocenters. The molecule has 1 saturated carbocycles. The summed E-state index contributed by atoms with van der Waals surface area (Å²) < 4.78 is 8.18. The van der Waals surface area contributed by atoms with Gasteiger partial charge in [-0.1, -0.05) is 45.3 Å². The van der Waals surface area contributed by atoms with Crippen LogP contribution in [-0.2, 0) is 13.0 Å². The average Bonchev–Trinajstić information content (AvgIpc) is 3.16. The highest BCUT2D eigenvalue weighted by atomic mass is 16.5. The molecule has 0 radical (unpaired) electrons. The van der Waals surface area contributed by atoms with E-state index in [1.54, 1.807) is 7.11 Å². The van der Waals surface area contributed by atoms with Gasteiger partial charge in [-0.2, -0.15) is 0 Å². The molecular formula is C28H41N3O. The lowest BCUT2D eigenvalue weighted by molar-refractivity contribution is 0.189. The van der Waals surface area contributed by atoms with Crippen molar-refractivity contribution in [1.82, 2.24) is 15.0 Å². The van der Waals surface area contributed by atoms with Crippen LogP contribution in [0, 0.1) is 12.8 Å². The van der Waals surface area contributed by atoms with Crippen LogP contribution < -0.4 is 10.2 Å². The Morgan fingerprint density at radius 3 is 2.47 bits per heavy atom. The van der Waals surface area contributed by atoms with Gasteiger partial charge < -0.3 is 14.7 Å². The van der Waals surface area contributed by atoms with Crippen molar-refractivity contribution < 1.29 is 4.74 Å². The zero-order valence-corrected chi connectivity index (χ0v) is 20.4. The van der Waals surface area contributed by atoms with Crippen LogP contribution in [0.5, 0.6) is 5.75 Å². The van der Waals surface area contributed by atoms with Gasteiger partial charge in [-0.15, -0.1) is 0 Å². The maximum absolute atomic E-state index is 5.60. The molecule has 32 heavy (non-hydrogen) atoms. The molecule has 4 rings (SSSR count). The van der Waals surface area contributed by atoms with Crippen molar-refractivity contribution in [3.05, 3.63) is 47.7 Å². The zero-order chi connectivity index (χ0) is 22.5. The van der Waals surface area contributed by atoms with Crippen molar-refractivity contribution in [2.75, 3.05) is 20.2 Å². The van der Waals surface area contributed by atoms with Crippen LogP contribution in [0.25, 0.3) is 17.0 Å². The number of methoxy groups -OCH3 is 1. The van der Waals surface area contributed by atoms with Crippen molar-refractivity contribution in [3.8, 4) is 17.0 Å². The van der Waals surface area contributed by atoms with Crippen LogP contribution in [0.2, 0.25) is 0 Å². The van der Waals surface area contributed by atoms with Crippen LogP contribution >= 0.6 is 0 Å². The van der Waals surface area contributed by atoms with Crippen LogP contribution in [0.4, 0.5) is 0 Å². The summed E-state index contributed by atoms with van der Waals surface area (Å²) in [6.07, 6.45) is 11.7. The Morgan fingerprint density at radius 1 is 1.06 bits per heavy atom. The number of nitrogens with zero attached hydrogens (tertiary/aromatic N) is 2. The summed E-state index contributed by atoms with van der Waals surface area (Å²) in [4.78, 5) is 0. The van der Waals surface area contributed by atoms with Crippen molar-refractivity contribution >= 4 is 5.70 Å². The van der Waals surface area contributed by atoms with Gasteiger partial charge in [0.25, 0.3) is 0 Å². The van der Waals surface area contributed by atoms with Gasteiger partial charge in [-0.25, -0.2) is 5.01 Å². The molecule has 1 aliphatic heterocycles. The van der Waals surface area contributed by atoms with Gasteiger partial charge in [0.2, 0.25) is 0 Å². The normalized spacial score (nSPS) is 18.0. The van der Waals surface area contributed by atoms with E-state index in [0.717, 1.165) is 43.4 Å². The third-order valence-corrected chi connectivity index (χ3v) is 7.48. The van der Waals surface area contributed by atoms with Gasteiger partial charge in [0.15, 0.2) is 0 Å². The predicted molar refractivity (Wildman–Crippen MR) is 135 cm³/mol. The lowest BCUT2D eigenvalue weighted by Gasteiger charge is -2.29. The number of piperidine rings is 1. The van der Waals surface area contributed by atoms with E-state index in [0.29, 0.717) is 0 Å². The number of aromatic nitrogens is 1. The van der Waals surface area contributed by atoms with Gasteiger partial charge in [0, 0.05) is 42.1 Å². The fourth-order valence-corrected chi connectivity index (χ4v) is 5.52. The molecule has 2 heterocycles. The maximum atomic E-state index is 5.60. The molecule has 1 aromatic heterocycles. The van der Waals surface area contributed by atoms with Crippen molar-refractivity contribution in [3.63, 3.8) is 0 Å². The van der Waals surface area contributed by atoms with E-state index in [9.17, 15) is 0 Å². The lowest BCUT2D eigenvalue weighted by atomic mass is 9.89. The van der Waals surface area contributed by atoms with Crippen LogP contribution in [0.15, 0.2) is 30.8 Å². The standard InChI is InChI=1S/C28H41N3O/c1-5-24-14-15-25(32-4)18-27(24)28-19-26(21(2)29-30-16-10-7-11-17-30)22(3)31(28)20-23-12-8-6-9-13-23/h14-15,18-19,23,29H,2,5-13,16-17,20H2,1,3-4H3. The Labute approximate surface area is 194 Å². The summed E-state index contributed by atoms with van der Waals surface area (Å²) in [5, 5.41) is 2.34. The molecular weight excluding hydrogens is 394 g/mol. The second-order valence-corrected chi connectivity index (χ2v) is 9.66. The van der Waals surface area contributed by atoms with Crippen molar-refractivity contribution in [2.45, 2.75) is 78.2 Å². The average molecular weight is 436 g/mol. The van der Waals surface area contributed by atoms with Crippen LogP contribution in [0.1, 0.15) is 75.1 Å². The second-order valence-electron chi connectivity index (χ2n) is 9.66. The van der Waals surface area contributed by atoms with Crippen LogP contribution in [-0.4, -0.2) is 29.8 Å². The highest BCUT2D eigenvalue weighted by molar-refractivity contribution is 5.74. The van der Waals surface area contributed by atoms with Crippen LogP contribution in [0.3, 0.4) is 0 Å². The topological polar surface area (TPSA) is 29.4 Å². The number of ether oxygens (including phenoxy) is 1. The number of hydrogen-bond acceptors (Lipinski definition) is 3. The molecule has 4 nitrogen and oxygen atoms in total. The largest absolute Gasteiger partial charge is 0.497 e. The molecule has 1 saturated heterocycles. The van der Waals surface area contributed by atoms with E-state index in [1.165, 1.54) is 79.4 Å². The highest BCUT2D eigenvalue weighted by Crippen LogP contribution is 2.36. The number of aryl methyl sites for hydroxylation is 1. The van der Waals surface area contributed by atoms with Crippen molar-refractivity contribution in [2.24, 2.45) is 5.92 Å². The SMILES string of the molecule is C=C(NN1CCCCC1)c1cc(-c2cc(OC)ccc2CC)n(CC2CCCCC2)c1C. The molecule has 4 heteroatoms. The minimum atomic E-state index is 0.764. The van der Waals surface area contributed by atoms with E-state index in [4.69, 9.17) is 4.74 Å². The Morgan fingerprint density at radius 2 is 1.78 bits per heavy atom. The first kappa shape index (κ1) is 23.0. The van der Waals surface area contributed by atoms with Crippen molar-refractivity contribution in [1.29, 1.82) is 0 Å². The molecule has 2 fully saturated rings. The third kappa shape index (κ3) is 5.06. The first-order valence-corrected chi connectivity index (χ1v) is 12.7. The molecule has 1 aliphatic carbocycles. The Balaban J connectivity index is 1.72. The highest BCUT2D eigenvalue weighted by Gasteiger charge is 2.22. The summed E-state index contributed by atoms with van der Waals surface area (Å²) in [6.45, 7) is 12.3. The Bertz CT molecular complexity index is 917. The minimum Gasteiger partial charge on any atom is -0.497 e. The Kier molecular flexibility index (Phi) is 7.62. The number of rotatable bonds is 8. The zero-order valence-electron chi connectivity index (χ0n) is 20.4. The number of nitrogens with one attached hydrogen (secondary N) is 1. The van der Waals surface area contributed by atoms with E-state index < -0.39 is 0 Å². The van der Waals surface area contributed by atoms with E-state index in [-0.39, 0.29) is 0 Å². The first-order valence-electron chi connectivity index (χ1n) is 12.7. The van der Waals surface area contributed by atoms with Gasteiger partial charge in [-0.05, 0) is 68.7 Å². The smallest absolute Gasteiger partial charge is 0.119 e. The quantitative estimate of drug-likeness (QED) is 0.508. The summed E-state index contributed by atoms with van der Waals surface area (Å²) >= 11 is 0. The lowest BCUT2D eigenvalue weighted by Crippen LogP contribution is -2.40. The van der Waals surface area contributed by atoms with Gasteiger partial charge >= 0.3 is 0 Å². The molecule has 2 aromatic rings. The maximum Gasteiger partial charge on any atom is 0.119 e. The Hall–Kier alpha value is -2.20. The third-order valence-electron chi connectivity index (χ3n) is 7.48. The van der Waals surface area contributed by atoms with Gasteiger partial charge in [0.05, 0.1) is 12.8 Å². The summed E-state index contributed by atoms with van der Waals surface area (Å²) in [5.41, 5.74) is 11.2. The van der Waals surface area contributed by atoms with Gasteiger partial charge in [0.1, 0.15) is 5.75 Å². The van der Waals surface area contributed by atoms with E-state index >= 15 is 0 Å². The number of benzene rings is 1. The first-order chi connectivity index (χ1) is 15.6. The number of hydrazine groups is 1. The molecule has 0 bridgehead atoms. The predicted octanol–water partition coefficient (Wildman–Crippen LogP) is 6.58. The molecule has 0 spiro atoms. The van der Waals surface area contributed by atoms with E-state index in [1.807, 2.05) is 0 Å². The molecule has 2 aliphatic rings. The second kappa shape index (κ2) is 10.6. The monoisotopic (exact) mass is 435 g/mol. The summed E-state index contributed by atoms with van der Waals surface area (Å²) in [6, 6.07) is 8.89. The molecule has 174 valence electrons. The molecule has 0 atom stereocenters. The summed E-state index contributed by atoms with van der Waals surface area (Å²) in [5.74, 6) is 1.69. The molecule has 1 N–H and O–H groups in total. The van der Waals surface area contributed by atoms with Gasteiger partial charge in [-0.3, -0.25) is 0 Å².